The summed E-state index contributed by atoms with van der Waals surface area (Å²) in [5.41, 5.74) is 2.33. The van der Waals surface area contributed by atoms with Gasteiger partial charge in [-0.3, -0.25) is 0 Å². The maximum atomic E-state index is 11.5. The minimum absolute atomic E-state index is 0.209. The topological polar surface area (TPSA) is 46.5 Å². The third-order valence-electron chi connectivity index (χ3n) is 3.20. The number of benzene rings is 2. The second-order valence-corrected chi connectivity index (χ2v) is 5.29. The summed E-state index contributed by atoms with van der Waals surface area (Å²) in [7, 11) is 0. The summed E-state index contributed by atoms with van der Waals surface area (Å²) in [5.74, 6) is 0.0825. The summed E-state index contributed by atoms with van der Waals surface area (Å²) < 4.78 is 5.83. The lowest BCUT2D eigenvalue weighted by atomic mass is 10.1. The predicted molar refractivity (Wildman–Crippen MR) is 81.2 cm³/mol. The van der Waals surface area contributed by atoms with Crippen molar-refractivity contribution in [3.63, 3.8) is 0 Å². The minimum atomic E-state index is -0.977. The highest BCUT2D eigenvalue weighted by Crippen LogP contribution is 2.33. The molecule has 0 heterocycles. The van der Waals surface area contributed by atoms with Gasteiger partial charge in [0.25, 0.3) is 0 Å². The van der Waals surface area contributed by atoms with Crippen molar-refractivity contribution in [3.8, 4) is 11.5 Å². The van der Waals surface area contributed by atoms with Crippen molar-refractivity contribution < 1.29 is 14.6 Å². The molecule has 4 heteroatoms. The number of carbonyl (C=O) groups is 1. The van der Waals surface area contributed by atoms with Crippen molar-refractivity contribution in [2.24, 2.45) is 0 Å². The van der Waals surface area contributed by atoms with E-state index >= 15 is 0 Å². The van der Waals surface area contributed by atoms with Gasteiger partial charge in [0, 0.05) is 4.90 Å². The molecule has 0 radical (unpaired) electrons. The van der Waals surface area contributed by atoms with E-state index < -0.39 is 5.97 Å². The van der Waals surface area contributed by atoms with Crippen LogP contribution in [0.4, 0.5) is 0 Å². The summed E-state index contributed by atoms with van der Waals surface area (Å²) in [6.07, 6.45) is 1.85. The van der Waals surface area contributed by atoms with Crippen molar-refractivity contribution in [1.82, 2.24) is 0 Å². The third kappa shape index (κ3) is 2.80. The number of aryl methyl sites for hydroxylation is 1. The molecule has 0 saturated carbocycles. The summed E-state index contributed by atoms with van der Waals surface area (Å²) in [4.78, 5) is 12.1. The first-order valence-electron chi connectivity index (χ1n) is 6.19. The van der Waals surface area contributed by atoms with E-state index in [-0.39, 0.29) is 5.56 Å². The molecule has 0 fully saturated rings. The first-order chi connectivity index (χ1) is 9.54. The van der Waals surface area contributed by atoms with E-state index in [1.165, 1.54) is 11.8 Å². The molecule has 0 unspecified atom stereocenters. The normalized spacial score (nSPS) is 10.3. The Hall–Kier alpha value is -1.94. The van der Waals surface area contributed by atoms with Crippen LogP contribution in [0.3, 0.4) is 0 Å². The van der Waals surface area contributed by atoms with Crippen molar-refractivity contribution in [3.05, 3.63) is 53.1 Å². The van der Waals surface area contributed by atoms with E-state index in [4.69, 9.17) is 4.74 Å². The molecule has 0 aliphatic heterocycles. The molecule has 0 spiro atoms. The number of hydrogen-bond acceptors (Lipinski definition) is 3. The van der Waals surface area contributed by atoms with Crippen molar-refractivity contribution in [2.45, 2.75) is 18.7 Å². The number of ether oxygens (including phenoxy) is 1. The van der Waals surface area contributed by atoms with Crippen LogP contribution in [-0.2, 0) is 0 Å². The zero-order chi connectivity index (χ0) is 14.7. The molecular weight excluding hydrogens is 272 g/mol. The van der Waals surface area contributed by atoms with E-state index in [1.807, 2.05) is 38.3 Å². The molecule has 0 amide bonds. The maximum absolute atomic E-state index is 11.5. The van der Waals surface area contributed by atoms with Crippen molar-refractivity contribution in [1.29, 1.82) is 0 Å². The molecule has 20 heavy (non-hydrogen) atoms. The van der Waals surface area contributed by atoms with Gasteiger partial charge in [-0.05, 0) is 49.4 Å². The van der Waals surface area contributed by atoms with Crippen LogP contribution in [-0.4, -0.2) is 17.3 Å². The van der Waals surface area contributed by atoms with Crippen LogP contribution in [0.5, 0.6) is 11.5 Å². The Kier molecular flexibility index (Phi) is 4.35. The molecule has 3 nitrogen and oxygen atoms in total. The molecule has 0 aliphatic rings. The molecule has 0 saturated heterocycles. The van der Waals surface area contributed by atoms with Crippen LogP contribution in [0.25, 0.3) is 0 Å². The Morgan fingerprint density at radius 1 is 1.10 bits per heavy atom. The van der Waals surface area contributed by atoms with Gasteiger partial charge in [-0.1, -0.05) is 18.2 Å². The Balaban J connectivity index is 2.48. The van der Waals surface area contributed by atoms with Gasteiger partial charge >= 0.3 is 5.97 Å². The van der Waals surface area contributed by atoms with Gasteiger partial charge in [0.1, 0.15) is 17.1 Å². The van der Waals surface area contributed by atoms with Gasteiger partial charge in [-0.15, -0.1) is 11.8 Å². The molecule has 2 aromatic rings. The smallest absolute Gasteiger partial charge is 0.340 e. The summed E-state index contributed by atoms with van der Waals surface area (Å²) in [6, 6.07) is 11.0. The first kappa shape index (κ1) is 14.5. The highest BCUT2D eigenvalue weighted by atomic mass is 32.2. The lowest BCUT2D eigenvalue weighted by Crippen LogP contribution is -2.03. The summed E-state index contributed by atoms with van der Waals surface area (Å²) in [5, 5.41) is 9.39. The van der Waals surface area contributed by atoms with Crippen LogP contribution < -0.4 is 4.74 Å². The molecular formula is C16H16O3S. The van der Waals surface area contributed by atoms with Crippen LogP contribution in [0.15, 0.2) is 41.3 Å². The highest BCUT2D eigenvalue weighted by Gasteiger charge is 2.17. The number of carboxylic acid groups (broad SMARTS) is 1. The Morgan fingerprint density at radius 3 is 2.40 bits per heavy atom. The Bertz CT molecular complexity index is 650. The maximum Gasteiger partial charge on any atom is 0.340 e. The molecule has 0 bridgehead atoms. The van der Waals surface area contributed by atoms with Gasteiger partial charge in [0.05, 0.1) is 0 Å². The average molecular weight is 288 g/mol. The second kappa shape index (κ2) is 6.01. The summed E-state index contributed by atoms with van der Waals surface area (Å²) >= 11 is 1.39. The molecule has 2 rings (SSSR count). The fourth-order valence-electron chi connectivity index (χ4n) is 1.93. The van der Waals surface area contributed by atoms with Gasteiger partial charge in [0.15, 0.2) is 0 Å². The highest BCUT2D eigenvalue weighted by molar-refractivity contribution is 7.98. The van der Waals surface area contributed by atoms with Crippen LogP contribution in [0, 0.1) is 13.8 Å². The zero-order valence-electron chi connectivity index (χ0n) is 11.6. The van der Waals surface area contributed by atoms with Crippen LogP contribution in [0.1, 0.15) is 21.5 Å². The van der Waals surface area contributed by atoms with E-state index in [1.54, 1.807) is 18.2 Å². The van der Waals surface area contributed by atoms with Crippen molar-refractivity contribution >= 4 is 17.7 Å². The fraction of sp³-hybridized carbons (Fsp3) is 0.188. The Labute approximate surface area is 122 Å². The monoisotopic (exact) mass is 288 g/mol. The average Bonchev–Trinajstić information content (AvgIpc) is 2.43. The molecule has 2 aromatic carbocycles. The Morgan fingerprint density at radius 2 is 1.75 bits per heavy atom. The second-order valence-electron chi connectivity index (χ2n) is 4.44. The number of carboxylic acids is 1. The number of hydrogen-bond donors (Lipinski definition) is 1. The number of aromatic carboxylic acids is 1. The number of rotatable bonds is 4. The van der Waals surface area contributed by atoms with Gasteiger partial charge < -0.3 is 9.84 Å². The van der Waals surface area contributed by atoms with Gasteiger partial charge in [0.2, 0.25) is 0 Å². The van der Waals surface area contributed by atoms with E-state index in [9.17, 15) is 9.90 Å². The molecule has 0 aromatic heterocycles. The quantitative estimate of drug-likeness (QED) is 0.840. The fourth-order valence-corrected chi connectivity index (χ4v) is 2.54. The summed E-state index contributed by atoms with van der Waals surface area (Å²) in [6.45, 7) is 3.96. The van der Waals surface area contributed by atoms with Gasteiger partial charge in [-0.25, -0.2) is 4.79 Å². The minimum Gasteiger partial charge on any atom is -0.478 e. The van der Waals surface area contributed by atoms with E-state index in [0.717, 1.165) is 11.1 Å². The molecule has 0 aliphatic carbocycles. The molecule has 104 valence electrons. The third-order valence-corrected chi connectivity index (χ3v) is 3.98. The lowest BCUT2D eigenvalue weighted by Gasteiger charge is -2.14. The van der Waals surface area contributed by atoms with Gasteiger partial charge in [-0.2, -0.15) is 0 Å². The van der Waals surface area contributed by atoms with E-state index in [2.05, 4.69) is 0 Å². The molecule has 1 N–H and O–H groups in total. The SMILES string of the molecule is CSc1cccc(Oc2cccc(C)c2C)c1C(=O)O. The molecule has 0 atom stereocenters. The standard InChI is InChI=1S/C16H16O3S/c1-10-6-4-7-12(11(10)2)19-13-8-5-9-14(20-3)15(13)16(17)18/h4-9H,1-3H3,(H,17,18). The van der Waals surface area contributed by atoms with Crippen molar-refractivity contribution in [2.75, 3.05) is 6.26 Å². The predicted octanol–water partition coefficient (Wildman–Crippen LogP) is 4.52. The zero-order valence-corrected chi connectivity index (χ0v) is 12.5. The number of thioether (sulfide) groups is 1. The first-order valence-corrected chi connectivity index (χ1v) is 7.41. The largest absolute Gasteiger partial charge is 0.478 e. The van der Waals surface area contributed by atoms with Crippen LogP contribution in [0.2, 0.25) is 0 Å². The lowest BCUT2D eigenvalue weighted by molar-refractivity contribution is 0.0690. The van der Waals surface area contributed by atoms with Crippen LogP contribution >= 0.6 is 11.8 Å². The van der Waals surface area contributed by atoms with E-state index in [0.29, 0.717) is 16.4 Å².